The second-order valence-corrected chi connectivity index (χ2v) is 9.52. The number of nitrogens with zero attached hydrogens (tertiary/aromatic N) is 2. The highest BCUT2D eigenvalue weighted by Crippen LogP contribution is 2.31. The van der Waals surface area contributed by atoms with Gasteiger partial charge in [0.1, 0.15) is 28.9 Å². The molecule has 0 aromatic heterocycles. The Labute approximate surface area is 174 Å². The number of carbonyl (C=O) groups is 2. The molecule has 2 amide bonds. The summed E-state index contributed by atoms with van der Waals surface area (Å²) in [7, 11) is -4.06. The average Bonchev–Trinajstić information content (AvgIpc) is 2.91. The Morgan fingerprint density at radius 3 is 2.50 bits per heavy atom. The Hall–Kier alpha value is -2.91. The molecule has 0 unspecified atom stereocenters. The maximum Gasteiger partial charge on any atom is 0.269 e. The zero-order valence-corrected chi connectivity index (χ0v) is 17.2. The molecule has 2 aliphatic rings. The van der Waals surface area contributed by atoms with Crippen LogP contribution in [0.4, 0.5) is 0 Å². The maximum absolute atomic E-state index is 12.8. The lowest BCUT2D eigenvalue weighted by atomic mass is 9.91. The summed E-state index contributed by atoms with van der Waals surface area (Å²) in [5.74, 6) is -0.639. The minimum Gasteiger partial charge on any atom is -0.487 e. The molecule has 2 aliphatic heterocycles. The van der Waals surface area contributed by atoms with Crippen molar-refractivity contribution in [1.82, 2.24) is 9.21 Å². The highest BCUT2D eigenvalue weighted by Gasteiger charge is 2.45. The van der Waals surface area contributed by atoms with Crippen molar-refractivity contribution in [3.8, 4) is 5.75 Å². The van der Waals surface area contributed by atoms with Gasteiger partial charge in [-0.15, -0.1) is 0 Å². The van der Waals surface area contributed by atoms with Crippen molar-refractivity contribution in [1.29, 1.82) is 0 Å². The summed E-state index contributed by atoms with van der Waals surface area (Å²) in [4.78, 5) is 26.6. The first-order chi connectivity index (χ1) is 14.2. The van der Waals surface area contributed by atoms with Crippen LogP contribution >= 0.6 is 0 Å². The number of β-amino-alcohol motifs (C(OH)–C–C–N with tert-alkyl or cyclic N) is 1. The molecule has 2 heterocycles. The van der Waals surface area contributed by atoms with Crippen molar-refractivity contribution in [3.63, 3.8) is 0 Å². The van der Waals surface area contributed by atoms with Gasteiger partial charge < -0.3 is 14.7 Å². The zero-order valence-electron chi connectivity index (χ0n) is 16.4. The van der Waals surface area contributed by atoms with Crippen molar-refractivity contribution < 1.29 is 27.9 Å². The van der Waals surface area contributed by atoms with E-state index in [2.05, 4.69) is 0 Å². The summed E-state index contributed by atoms with van der Waals surface area (Å²) < 4.78 is 31.8. The van der Waals surface area contributed by atoms with Crippen LogP contribution in [0.5, 0.6) is 5.75 Å². The molecule has 0 bridgehead atoms. The van der Waals surface area contributed by atoms with E-state index in [1.165, 1.54) is 23.1 Å². The summed E-state index contributed by atoms with van der Waals surface area (Å²) in [5, 5.41) is 10.9. The maximum atomic E-state index is 12.8. The first kappa shape index (κ1) is 20.4. The molecular weight excluding hydrogens is 408 g/mol. The number of sulfonamides is 1. The van der Waals surface area contributed by atoms with Crippen molar-refractivity contribution in [2.45, 2.75) is 29.9 Å². The van der Waals surface area contributed by atoms with Crippen LogP contribution in [0.15, 0.2) is 59.5 Å². The highest BCUT2D eigenvalue weighted by molar-refractivity contribution is 7.90. The molecular formula is C21H22N2O6S. The SMILES string of the molecule is C[C@]1(O)CN(C(=O)CN2C(=O)c3ccccc3S2(=O)=O)CC[C@@H]1Oc1ccccc1. The van der Waals surface area contributed by atoms with Crippen LogP contribution in [0.3, 0.4) is 0 Å². The molecule has 0 radical (unpaired) electrons. The molecule has 2 aromatic rings. The van der Waals surface area contributed by atoms with Gasteiger partial charge in [-0.3, -0.25) is 9.59 Å². The first-order valence-corrected chi connectivity index (χ1v) is 11.0. The Balaban J connectivity index is 1.45. The van der Waals surface area contributed by atoms with Gasteiger partial charge in [0.05, 0.1) is 12.1 Å². The molecule has 0 aliphatic carbocycles. The van der Waals surface area contributed by atoms with E-state index in [0.717, 1.165) is 0 Å². The molecule has 8 nitrogen and oxygen atoms in total. The van der Waals surface area contributed by atoms with Crippen LogP contribution in [0.25, 0.3) is 0 Å². The Bertz CT molecular complexity index is 1080. The Morgan fingerprint density at radius 2 is 1.83 bits per heavy atom. The first-order valence-electron chi connectivity index (χ1n) is 9.58. The van der Waals surface area contributed by atoms with Gasteiger partial charge in [-0.1, -0.05) is 30.3 Å². The van der Waals surface area contributed by atoms with E-state index in [4.69, 9.17) is 4.74 Å². The van der Waals surface area contributed by atoms with Crippen LogP contribution in [0, 0.1) is 0 Å². The van der Waals surface area contributed by atoms with Crippen LogP contribution in [-0.4, -0.2) is 65.9 Å². The van der Waals surface area contributed by atoms with Crippen molar-refractivity contribution in [2.24, 2.45) is 0 Å². The molecule has 9 heteroatoms. The second-order valence-electron chi connectivity index (χ2n) is 7.69. The van der Waals surface area contributed by atoms with E-state index in [9.17, 15) is 23.1 Å². The van der Waals surface area contributed by atoms with Gasteiger partial charge in [-0.05, 0) is 31.2 Å². The summed E-state index contributed by atoms with van der Waals surface area (Å²) in [6, 6.07) is 15.0. The number of benzene rings is 2. The van der Waals surface area contributed by atoms with Crippen LogP contribution in [-0.2, 0) is 14.8 Å². The zero-order chi connectivity index (χ0) is 21.5. The number of hydrogen-bond donors (Lipinski definition) is 1. The standard InChI is InChI=1S/C21H22N2O6S/c1-21(26)14-22(12-11-18(21)29-15-7-3-2-4-8-15)19(24)13-23-20(25)16-9-5-6-10-17(16)30(23,27)28/h2-10,18,26H,11-14H2,1H3/t18-,21-/m0/s1. The fourth-order valence-corrected chi connectivity index (χ4v) is 5.34. The largest absolute Gasteiger partial charge is 0.487 e. The molecule has 1 fully saturated rings. The number of carbonyl (C=O) groups excluding carboxylic acids is 2. The summed E-state index contributed by atoms with van der Waals surface area (Å²) in [5.41, 5.74) is -1.27. The molecule has 2 atom stereocenters. The van der Waals surface area contributed by atoms with Crippen molar-refractivity contribution in [3.05, 3.63) is 60.2 Å². The van der Waals surface area contributed by atoms with Gasteiger partial charge in [0.2, 0.25) is 5.91 Å². The van der Waals surface area contributed by atoms with Gasteiger partial charge in [-0.2, -0.15) is 0 Å². The number of rotatable bonds is 4. The minimum absolute atomic E-state index is 0.0294. The summed E-state index contributed by atoms with van der Waals surface area (Å²) in [6.07, 6.45) is -0.153. The normalized spacial score (nSPS) is 25.1. The van der Waals surface area contributed by atoms with E-state index < -0.39 is 40.1 Å². The Kier molecular flexibility index (Phi) is 5.03. The number of amides is 2. The van der Waals surface area contributed by atoms with Gasteiger partial charge in [0, 0.05) is 13.0 Å². The predicted octanol–water partition coefficient (Wildman–Crippen LogP) is 1.26. The van der Waals surface area contributed by atoms with E-state index in [1.807, 2.05) is 18.2 Å². The van der Waals surface area contributed by atoms with Crippen LogP contribution in [0.1, 0.15) is 23.7 Å². The molecule has 1 N–H and O–H groups in total. The fourth-order valence-electron chi connectivity index (χ4n) is 3.82. The van der Waals surface area contributed by atoms with Crippen molar-refractivity contribution >= 4 is 21.8 Å². The van der Waals surface area contributed by atoms with Gasteiger partial charge in [0.25, 0.3) is 15.9 Å². The average molecular weight is 430 g/mol. The van der Waals surface area contributed by atoms with Gasteiger partial charge in [-0.25, -0.2) is 12.7 Å². The molecule has 0 spiro atoms. The van der Waals surface area contributed by atoms with Crippen molar-refractivity contribution in [2.75, 3.05) is 19.6 Å². The summed E-state index contributed by atoms with van der Waals surface area (Å²) >= 11 is 0. The number of piperidine rings is 1. The predicted molar refractivity (Wildman–Crippen MR) is 107 cm³/mol. The number of fused-ring (bicyclic) bond motifs is 1. The fraction of sp³-hybridized carbons (Fsp3) is 0.333. The Morgan fingerprint density at radius 1 is 1.17 bits per heavy atom. The molecule has 0 saturated carbocycles. The third-order valence-corrected chi connectivity index (χ3v) is 7.22. The molecule has 30 heavy (non-hydrogen) atoms. The smallest absolute Gasteiger partial charge is 0.269 e. The number of ether oxygens (including phenoxy) is 1. The second kappa shape index (κ2) is 7.41. The lowest BCUT2D eigenvalue weighted by Gasteiger charge is -2.42. The molecule has 1 saturated heterocycles. The number of hydrogen-bond acceptors (Lipinski definition) is 6. The number of aliphatic hydroxyl groups is 1. The van der Waals surface area contributed by atoms with E-state index in [1.54, 1.807) is 25.1 Å². The lowest BCUT2D eigenvalue weighted by molar-refractivity contribution is -0.145. The van der Waals surface area contributed by atoms with Crippen LogP contribution < -0.4 is 4.74 Å². The lowest BCUT2D eigenvalue weighted by Crippen LogP contribution is -2.59. The topological polar surface area (TPSA) is 104 Å². The third-order valence-electron chi connectivity index (χ3n) is 5.43. The molecule has 4 rings (SSSR count). The van der Waals surface area contributed by atoms with E-state index in [0.29, 0.717) is 16.5 Å². The molecule has 158 valence electrons. The van der Waals surface area contributed by atoms with E-state index >= 15 is 0 Å². The van der Waals surface area contributed by atoms with Gasteiger partial charge >= 0.3 is 0 Å². The minimum atomic E-state index is -4.06. The number of para-hydroxylation sites is 1. The number of likely N-dealkylation sites (tertiary alicyclic amines) is 1. The van der Waals surface area contributed by atoms with E-state index in [-0.39, 0.29) is 23.5 Å². The third kappa shape index (κ3) is 3.54. The highest BCUT2D eigenvalue weighted by atomic mass is 32.2. The molecule has 2 aromatic carbocycles. The van der Waals surface area contributed by atoms with Gasteiger partial charge in [0.15, 0.2) is 0 Å². The quantitative estimate of drug-likeness (QED) is 0.783. The monoisotopic (exact) mass is 430 g/mol. The summed E-state index contributed by atoms with van der Waals surface area (Å²) in [6.45, 7) is 1.23. The van der Waals surface area contributed by atoms with Crippen LogP contribution in [0.2, 0.25) is 0 Å².